The van der Waals surface area contributed by atoms with E-state index in [9.17, 15) is 14.4 Å². The first-order valence-corrected chi connectivity index (χ1v) is 25.4. The molecular formula is C51H94N2O8. The summed E-state index contributed by atoms with van der Waals surface area (Å²) < 4.78 is 29.7. The van der Waals surface area contributed by atoms with Gasteiger partial charge in [0.2, 0.25) is 0 Å². The van der Waals surface area contributed by atoms with Crippen LogP contribution in [0.1, 0.15) is 221 Å². The number of rotatable bonds is 42. The van der Waals surface area contributed by atoms with E-state index >= 15 is 0 Å². The van der Waals surface area contributed by atoms with Crippen molar-refractivity contribution in [3.63, 3.8) is 0 Å². The predicted octanol–water partition coefficient (Wildman–Crippen LogP) is 13.1. The number of alkyl carbamates (subject to hydrolysis) is 1. The summed E-state index contributed by atoms with van der Waals surface area (Å²) in [5, 5.41) is 2.94. The molecule has 1 aliphatic rings. The smallest absolute Gasteiger partial charge is 0.407 e. The first-order chi connectivity index (χ1) is 29.9. The lowest BCUT2D eigenvalue weighted by Crippen LogP contribution is -2.34. The number of nitrogens with zero attached hydrogens (tertiary/aromatic N) is 1. The average molecular weight is 863 g/mol. The number of unbranched alkanes of at least 4 members (excludes halogenated alkanes) is 18. The molecule has 0 aromatic carbocycles. The van der Waals surface area contributed by atoms with Crippen molar-refractivity contribution in [1.82, 2.24) is 10.2 Å². The zero-order valence-electron chi connectivity index (χ0n) is 40.1. The number of amides is 1. The molecule has 1 saturated carbocycles. The van der Waals surface area contributed by atoms with Crippen molar-refractivity contribution in [2.45, 2.75) is 245 Å². The number of hydrogen-bond acceptors (Lipinski definition) is 9. The molecule has 0 bridgehead atoms. The van der Waals surface area contributed by atoms with E-state index in [4.69, 9.17) is 23.7 Å². The van der Waals surface area contributed by atoms with E-state index < -0.39 is 24.6 Å². The van der Waals surface area contributed by atoms with Crippen molar-refractivity contribution in [2.24, 2.45) is 0 Å². The molecule has 1 amide bonds. The highest BCUT2D eigenvalue weighted by Crippen LogP contribution is 2.28. The minimum atomic E-state index is -0.652. The zero-order chi connectivity index (χ0) is 44.4. The lowest BCUT2D eigenvalue weighted by atomic mass is 10.1. The van der Waals surface area contributed by atoms with E-state index in [2.05, 4.69) is 69.1 Å². The van der Waals surface area contributed by atoms with Crippen LogP contribution in [0.15, 0.2) is 24.3 Å². The molecule has 0 aromatic heterocycles. The van der Waals surface area contributed by atoms with Gasteiger partial charge in [0, 0.05) is 51.5 Å². The monoisotopic (exact) mass is 863 g/mol. The summed E-state index contributed by atoms with van der Waals surface area (Å²) in [7, 11) is 0. The first-order valence-electron chi connectivity index (χ1n) is 25.4. The molecular weight excluding hydrogens is 769 g/mol. The van der Waals surface area contributed by atoms with E-state index in [1.54, 1.807) is 0 Å². The predicted molar refractivity (Wildman–Crippen MR) is 251 cm³/mol. The average Bonchev–Trinajstić information content (AvgIpc) is 3.61. The first kappa shape index (κ1) is 56.6. The number of carbonyl (C=O) groups excluding carboxylic acids is 3. The Labute approximate surface area is 374 Å². The molecule has 3 unspecified atom stereocenters. The second kappa shape index (κ2) is 41.6. The van der Waals surface area contributed by atoms with E-state index in [1.807, 2.05) is 0 Å². The summed E-state index contributed by atoms with van der Waals surface area (Å²) in [6.45, 7) is 15.2. The van der Waals surface area contributed by atoms with Crippen LogP contribution in [0.4, 0.5) is 4.79 Å². The molecule has 3 atom stereocenters. The number of esters is 2. The van der Waals surface area contributed by atoms with Gasteiger partial charge in [-0.1, -0.05) is 155 Å². The molecule has 1 N–H and O–H groups in total. The number of nitrogens with one attached hydrogen (secondary N) is 1. The molecule has 0 saturated heterocycles. The van der Waals surface area contributed by atoms with Crippen LogP contribution in [0.3, 0.4) is 0 Å². The number of allylic oxidation sites excluding steroid dienone is 4. The summed E-state index contributed by atoms with van der Waals surface area (Å²) in [6, 6.07) is -0.337. The van der Waals surface area contributed by atoms with Crippen LogP contribution in [0.2, 0.25) is 0 Å². The number of hydrogen-bond donors (Lipinski definition) is 1. The largest absolute Gasteiger partial charge is 0.458 e. The highest BCUT2D eigenvalue weighted by molar-refractivity contribution is 5.71. The minimum Gasteiger partial charge on any atom is -0.458 e. The van der Waals surface area contributed by atoms with Gasteiger partial charge in [0.25, 0.3) is 0 Å². The van der Waals surface area contributed by atoms with Gasteiger partial charge in [-0.25, -0.2) is 4.79 Å². The number of ether oxygens (including phenoxy) is 5. The summed E-state index contributed by atoms with van der Waals surface area (Å²) in [4.78, 5) is 41.4. The van der Waals surface area contributed by atoms with Gasteiger partial charge in [0.15, 0.2) is 6.29 Å². The fourth-order valence-electron chi connectivity index (χ4n) is 7.71. The Morgan fingerprint density at radius 3 is 1.59 bits per heavy atom. The third-order valence-electron chi connectivity index (χ3n) is 11.6. The lowest BCUT2D eigenvalue weighted by molar-refractivity contribution is -0.170. The quantitative estimate of drug-likeness (QED) is 0.0211. The van der Waals surface area contributed by atoms with Crippen LogP contribution >= 0.6 is 0 Å². The third-order valence-corrected chi connectivity index (χ3v) is 11.6. The zero-order valence-corrected chi connectivity index (χ0v) is 40.1. The van der Waals surface area contributed by atoms with Crippen LogP contribution in [0, 0.1) is 0 Å². The Morgan fingerprint density at radius 2 is 1.03 bits per heavy atom. The molecule has 0 aliphatic heterocycles. The second-order valence-corrected chi connectivity index (χ2v) is 17.1. The van der Waals surface area contributed by atoms with Crippen molar-refractivity contribution in [1.29, 1.82) is 0 Å². The Morgan fingerprint density at radius 1 is 0.557 bits per heavy atom. The molecule has 1 rings (SSSR count). The maximum absolute atomic E-state index is 13.3. The molecule has 10 heteroatoms. The van der Waals surface area contributed by atoms with Gasteiger partial charge in [-0.05, 0) is 70.9 Å². The Kier molecular flexibility index (Phi) is 38.6. The SMILES string of the molecule is CCCCC/C=C\C/C=C\CCCCCCCC(=O)OC1CC(NC(=O)OCCCN(CC)CC)CC1OC(=O)CCC(OCCCCCCCC)OCCCCCCCC. The van der Waals surface area contributed by atoms with Gasteiger partial charge in [-0.2, -0.15) is 0 Å². The lowest BCUT2D eigenvalue weighted by Gasteiger charge is -2.22. The Hall–Kier alpha value is -2.43. The van der Waals surface area contributed by atoms with E-state index in [0.29, 0.717) is 45.5 Å². The van der Waals surface area contributed by atoms with E-state index in [0.717, 1.165) is 96.7 Å². The van der Waals surface area contributed by atoms with Gasteiger partial charge in [-0.3, -0.25) is 9.59 Å². The third kappa shape index (κ3) is 33.8. The molecule has 10 nitrogen and oxygen atoms in total. The fraction of sp³-hybridized carbons (Fsp3) is 0.863. The summed E-state index contributed by atoms with van der Waals surface area (Å²) >= 11 is 0. The van der Waals surface area contributed by atoms with Crippen LogP contribution in [-0.4, -0.2) is 86.9 Å². The van der Waals surface area contributed by atoms with Crippen LogP contribution in [0.5, 0.6) is 0 Å². The molecule has 0 radical (unpaired) electrons. The Bertz CT molecular complexity index is 1080. The molecule has 0 aromatic rings. The van der Waals surface area contributed by atoms with Gasteiger partial charge in [0.05, 0.1) is 13.0 Å². The molecule has 1 aliphatic carbocycles. The number of carbonyl (C=O) groups is 3. The van der Waals surface area contributed by atoms with Crippen LogP contribution in [-0.2, 0) is 33.3 Å². The topological polar surface area (TPSA) is 113 Å². The maximum atomic E-state index is 13.3. The highest BCUT2D eigenvalue weighted by Gasteiger charge is 2.40. The second-order valence-electron chi connectivity index (χ2n) is 17.1. The highest BCUT2D eigenvalue weighted by atomic mass is 16.7. The summed E-state index contributed by atoms with van der Waals surface area (Å²) in [5.74, 6) is -0.668. The standard InChI is InChI=1S/C51H94N2O8/c1-6-11-14-17-20-21-22-23-24-25-26-27-28-29-32-36-48(54)60-46-43-45(52-51(56)59-42-35-39-53(9-4)10-5)44-47(46)61-49(55)37-38-50(57-40-33-30-18-15-12-7-2)58-41-34-31-19-16-13-8-3/h20-21,23-24,45-47,50H,6-19,22,25-44H2,1-5H3,(H,52,56)/b21-20-,24-23-. The Balaban J connectivity index is 2.65. The van der Waals surface area contributed by atoms with Gasteiger partial charge >= 0.3 is 18.0 Å². The van der Waals surface area contributed by atoms with Crippen molar-refractivity contribution < 1.29 is 38.1 Å². The fourth-order valence-corrected chi connectivity index (χ4v) is 7.71. The summed E-state index contributed by atoms with van der Waals surface area (Å²) in [5.41, 5.74) is 0. The van der Waals surface area contributed by atoms with Crippen LogP contribution < -0.4 is 5.32 Å². The molecule has 356 valence electrons. The van der Waals surface area contributed by atoms with Crippen molar-refractivity contribution in [3.05, 3.63) is 24.3 Å². The van der Waals surface area contributed by atoms with Crippen molar-refractivity contribution in [3.8, 4) is 0 Å². The van der Waals surface area contributed by atoms with Crippen LogP contribution in [0.25, 0.3) is 0 Å². The molecule has 61 heavy (non-hydrogen) atoms. The van der Waals surface area contributed by atoms with E-state index in [-0.39, 0.29) is 24.4 Å². The molecule has 0 heterocycles. The van der Waals surface area contributed by atoms with Gasteiger partial charge in [0.1, 0.15) is 12.2 Å². The maximum Gasteiger partial charge on any atom is 0.407 e. The van der Waals surface area contributed by atoms with Gasteiger partial charge in [-0.15, -0.1) is 0 Å². The van der Waals surface area contributed by atoms with Gasteiger partial charge < -0.3 is 33.9 Å². The molecule has 0 spiro atoms. The molecule has 1 fully saturated rings. The summed E-state index contributed by atoms with van der Waals surface area (Å²) in [6.07, 6.45) is 35.5. The minimum absolute atomic E-state index is 0.132. The van der Waals surface area contributed by atoms with Crippen molar-refractivity contribution in [2.75, 3.05) is 39.5 Å². The van der Waals surface area contributed by atoms with E-state index in [1.165, 1.54) is 77.0 Å². The normalized spacial score (nSPS) is 16.7. The van der Waals surface area contributed by atoms with Crippen molar-refractivity contribution >= 4 is 18.0 Å².